The van der Waals surface area contributed by atoms with Crippen LogP contribution in [0.5, 0.6) is 11.5 Å². The van der Waals surface area contributed by atoms with Crippen LogP contribution in [0.4, 0.5) is 0 Å². The van der Waals surface area contributed by atoms with E-state index in [1.807, 2.05) is 29.2 Å². The Morgan fingerprint density at radius 2 is 1.96 bits per heavy atom. The molecular formula is C19H21NO4. The minimum absolute atomic E-state index is 0.0674. The zero-order valence-corrected chi connectivity index (χ0v) is 14.0. The van der Waals surface area contributed by atoms with Gasteiger partial charge in [-0.25, -0.2) is 0 Å². The molecule has 0 bridgehead atoms. The topological polar surface area (TPSA) is 51.9 Å². The first kappa shape index (κ1) is 15.1. The van der Waals surface area contributed by atoms with E-state index < -0.39 is 0 Å². The van der Waals surface area contributed by atoms with Crippen LogP contribution in [0.2, 0.25) is 0 Å². The smallest absolute Gasteiger partial charge is 0.226 e. The summed E-state index contributed by atoms with van der Waals surface area (Å²) in [5, 5.41) is 0. The van der Waals surface area contributed by atoms with Gasteiger partial charge in [-0.1, -0.05) is 0 Å². The molecule has 24 heavy (non-hydrogen) atoms. The lowest BCUT2D eigenvalue weighted by atomic mass is 9.98. The molecule has 2 atom stereocenters. The Labute approximate surface area is 141 Å². The average Bonchev–Trinajstić information content (AvgIpc) is 3.23. The van der Waals surface area contributed by atoms with Gasteiger partial charge < -0.3 is 18.8 Å². The molecule has 1 aliphatic carbocycles. The van der Waals surface area contributed by atoms with Gasteiger partial charge in [0.05, 0.1) is 20.5 Å². The standard InChI is InChI=1S/C19H21NO4/c1-22-17-8-12-5-6-20(11-13(12)9-18(17)23-2)19(21)15-10-14(15)16-4-3-7-24-16/h3-4,7-9,14-15H,5-6,10-11H2,1-2H3/t14-,15-/m1/s1. The minimum atomic E-state index is 0.0674. The third-order valence-electron chi connectivity index (χ3n) is 5.05. The fourth-order valence-electron chi connectivity index (χ4n) is 3.59. The molecule has 5 nitrogen and oxygen atoms in total. The summed E-state index contributed by atoms with van der Waals surface area (Å²) >= 11 is 0. The number of nitrogens with zero attached hydrogens (tertiary/aromatic N) is 1. The molecular weight excluding hydrogens is 306 g/mol. The summed E-state index contributed by atoms with van der Waals surface area (Å²) in [5.41, 5.74) is 2.37. The maximum Gasteiger partial charge on any atom is 0.226 e. The second-order valence-corrected chi connectivity index (χ2v) is 6.45. The molecule has 5 heteroatoms. The van der Waals surface area contributed by atoms with Crippen LogP contribution >= 0.6 is 0 Å². The van der Waals surface area contributed by atoms with Crippen molar-refractivity contribution < 1.29 is 18.7 Å². The summed E-state index contributed by atoms with van der Waals surface area (Å²) in [5.74, 6) is 2.94. The van der Waals surface area contributed by atoms with Gasteiger partial charge in [0.15, 0.2) is 11.5 Å². The molecule has 2 aliphatic rings. The maximum absolute atomic E-state index is 12.8. The average molecular weight is 327 g/mol. The number of benzene rings is 1. The molecule has 4 rings (SSSR count). The molecule has 0 N–H and O–H groups in total. The summed E-state index contributed by atoms with van der Waals surface area (Å²) in [7, 11) is 3.28. The first-order valence-electron chi connectivity index (χ1n) is 8.27. The predicted molar refractivity (Wildman–Crippen MR) is 88.2 cm³/mol. The fourth-order valence-corrected chi connectivity index (χ4v) is 3.59. The van der Waals surface area contributed by atoms with Crippen LogP contribution in [-0.4, -0.2) is 31.6 Å². The predicted octanol–water partition coefficient (Wildman–Crippen LogP) is 2.99. The van der Waals surface area contributed by atoms with Gasteiger partial charge in [0.1, 0.15) is 5.76 Å². The van der Waals surface area contributed by atoms with E-state index in [0.717, 1.165) is 36.5 Å². The van der Waals surface area contributed by atoms with E-state index in [-0.39, 0.29) is 17.7 Å². The zero-order valence-electron chi connectivity index (χ0n) is 14.0. The Bertz CT molecular complexity index is 753. The van der Waals surface area contributed by atoms with Gasteiger partial charge in [0.2, 0.25) is 5.91 Å². The lowest BCUT2D eigenvalue weighted by molar-refractivity contribution is -0.133. The van der Waals surface area contributed by atoms with Gasteiger partial charge in [0.25, 0.3) is 0 Å². The number of ether oxygens (including phenoxy) is 2. The third-order valence-corrected chi connectivity index (χ3v) is 5.05. The molecule has 1 aromatic heterocycles. The number of rotatable bonds is 4. The van der Waals surface area contributed by atoms with Crippen molar-refractivity contribution in [2.45, 2.75) is 25.3 Å². The van der Waals surface area contributed by atoms with Crippen molar-refractivity contribution in [2.75, 3.05) is 20.8 Å². The minimum Gasteiger partial charge on any atom is -0.493 e. The molecule has 0 spiro atoms. The number of carbonyl (C=O) groups is 1. The Hall–Kier alpha value is -2.43. The molecule has 0 radical (unpaired) electrons. The summed E-state index contributed by atoms with van der Waals surface area (Å²) in [4.78, 5) is 14.7. The largest absolute Gasteiger partial charge is 0.493 e. The first-order valence-corrected chi connectivity index (χ1v) is 8.27. The van der Waals surface area contributed by atoms with Crippen LogP contribution < -0.4 is 9.47 Å². The monoisotopic (exact) mass is 327 g/mol. The van der Waals surface area contributed by atoms with E-state index in [9.17, 15) is 4.79 Å². The second-order valence-electron chi connectivity index (χ2n) is 6.45. The highest BCUT2D eigenvalue weighted by Crippen LogP contribution is 2.49. The van der Waals surface area contributed by atoms with E-state index in [4.69, 9.17) is 13.9 Å². The van der Waals surface area contributed by atoms with Gasteiger partial charge in [0, 0.05) is 24.9 Å². The number of amides is 1. The first-order chi connectivity index (χ1) is 11.7. The van der Waals surface area contributed by atoms with E-state index in [0.29, 0.717) is 12.3 Å². The molecule has 0 unspecified atom stereocenters. The van der Waals surface area contributed by atoms with E-state index >= 15 is 0 Å². The number of hydrogen-bond acceptors (Lipinski definition) is 4. The number of carbonyl (C=O) groups excluding carboxylic acids is 1. The van der Waals surface area contributed by atoms with Crippen molar-refractivity contribution >= 4 is 5.91 Å². The Balaban J connectivity index is 1.49. The Morgan fingerprint density at radius 1 is 1.21 bits per heavy atom. The molecule has 1 aliphatic heterocycles. The van der Waals surface area contributed by atoms with Crippen LogP contribution in [0.3, 0.4) is 0 Å². The van der Waals surface area contributed by atoms with Crippen molar-refractivity contribution in [1.29, 1.82) is 0 Å². The number of fused-ring (bicyclic) bond motifs is 1. The van der Waals surface area contributed by atoms with Crippen molar-refractivity contribution in [3.63, 3.8) is 0 Å². The van der Waals surface area contributed by atoms with Crippen molar-refractivity contribution in [3.8, 4) is 11.5 Å². The number of hydrogen-bond donors (Lipinski definition) is 0. The maximum atomic E-state index is 12.8. The number of furan rings is 1. The highest BCUT2D eigenvalue weighted by molar-refractivity contribution is 5.83. The highest BCUT2D eigenvalue weighted by Gasteiger charge is 2.47. The van der Waals surface area contributed by atoms with E-state index in [1.54, 1.807) is 20.5 Å². The van der Waals surface area contributed by atoms with Gasteiger partial charge in [-0.15, -0.1) is 0 Å². The Kier molecular flexibility index (Phi) is 3.71. The summed E-state index contributed by atoms with van der Waals surface area (Å²) in [6, 6.07) is 7.86. The second kappa shape index (κ2) is 5.89. The van der Waals surface area contributed by atoms with Crippen molar-refractivity contribution in [1.82, 2.24) is 4.90 Å². The molecule has 1 aromatic carbocycles. The van der Waals surface area contributed by atoms with Crippen LogP contribution in [-0.2, 0) is 17.8 Å². The van der Waals surface area contributed by atoms with Crippen LogP contribution in [0, 0.1) is 5.92 Å². The molecule has 2 heterocycles. The Morgan fingerprint density at radius 3 is 2.62 bits per heavy atom. The van der Waals surface area contributed by atoms with E-state index in [2.05, 4.69) is 0 Å². The molecule has 1 amide bonds. The van der Waals surface area contributed by atoms with E-state index in [1.165, 1.54) is 5.56 Å². The van der Waals surface area contributed by atoms with Gasteiger partial charge >= 0.3 is 0 Å². The van der Waals surface area contributed by atoms with Crippen LogP contribution in [0.15, 0.2) is 34.9 Å². The summed E-state index contributed by atoms with van der Waals surface area (Å²) < 4.78 is 16.2. The lowest BCUT2D eigenvalue weighted by Crippen LogP contribution is -2.37. The molecule has 1 fully saturated rings. The van der Waals surface area contributed by atoms with Gasteiger partial charge in [-0.2, -0.15) is 0 Å². The highest BCUT2D eigenvalue weighted by atomic mass is 16.5. The van der Waals surface area contributed by atoms with Gasteiger partial charge in [-0.3, -0.25) is 4.79 Å². The normalized spacial score (nSPS) is 22.0. The number of methoxy groups -OCH3 is 2. The molecule has 0 saturated heterocycles. The van der Waals surface area contributed by atoms with Crippen LogP contribution in [0.25, 0.3) is 0 Å². The molecule has 126 valence electrons. The van der Waals surface area contributed by atoms with Crippen molar-refractivity contribution in [2.24, 2.45) is 5.92 Å². The van der Waals surface area contributed by atoms with Crippen molar-refractivity contribution in [3.05, 3.63) is 47.4 Å². The summed E-state index contributed by atoms with van der Waals surface area (Å²) in [6.07, 6.45) is 3.41. The van der Waals surface area contributed by atoms with Gasteiger partial charge in [-0.05, 0) is 48.2 Å². The molecule has 2 aromatic rings. The fraction of sp³-hybridized carbons (Fsp3) is 0.421. The third kappa shape index (κ3) is 2.54. The lowest BCUT2D eigenvalue weighted by Gasteiger charge is -2.30. The SMILES string of the molecule is COc1cc2c(cc1OC)CN(C(=O)[C@@H]1C[C@H]1c1ccco1)CC2. The van der Waals surface area contributed by atoms with Crippen LogP contribution in [0.1, 0.15) is 29.2 Å². The molecule has 1 saturated carbocycles. The zero-order chi connectivity index (χ0) is 16.7. The quantitative estimate of drug-likeness (QED) is 0.866. The summed E-state index contributed by atoms with van der Waals surface area (Å²) in [6.45, 7) is 1.39.